The fourth-order valence-electron chi connectivity index (χ4n) is 5.69. The second-order valence-electron chi connectivity index (χ2n) is 10.5. The van der Waals surface area contributed by atoms with Gasteiger partial charge in [-0.2, -0.15) is 0 Å². The van der Waals surface area contributed by atoms with Gasteiger partial charge in [0.25, 0.3) is 0 Å². The summed E-state index contributed by atoms with van der Waals surface area (Å²) in [6.07, 6.45) is 4.13. The summed E-state index contributed by atoms with van der Waals surface area (Å²) in [5, 5.41) is 0. The number of amides is 2. The number of rotatable bonds is 3. The van der Waals surface area contributed by atoms with Crippen LogP contribution in [0.15, 0.2) is 24.3 Å². The lowest BCUT2D eigenvalue weighted by Gasteiger charge is -2.57. The maximum atomic E-state index is 13.8. The molecule has 0 spiro atoms. The van der Waals surface area contributed by atoms with Gasteiger partial charge in [0.05, 0.1) is 6.04 Å². The molecule has 3 aliphatic heterocycles. The van der Waals surface area contributed by atoms with Crippen molar-refractivity contribution in [2.45, 2.75) is 71.0 Å². The molecule has 7 heteroatoms. The lowest BCUT2D eigenvalue weighted by Crippen LogP contribution is -2.67. The molecule has 1 aromatic rings. The molecule has 5 nitrogen and oxygen atoms in total. The highest BCUT2D eigenvalue weighted by atomic mass is 35.5. The number of carbonyl (C=O) groups is 2. The van der Waals surface area contributed by atoms with Crippen molar-refractivity contribution in [1.82, 2.24) is 9.80 Å². The Hall–Kier alpha value is -1.66. The van der Waals surface area contributed by atoms with E-state index in [-0.39, 0.29) is 53.5 Å². The minimum absolute atomic E-state index is 0. The van der Waals surface area contributed by atoms with E-state index in [0.717, 1.165) is 24.8 Å². The minimum atomic E-state index is -0.540. The molecule has 0 radical (unpaired) electrons. The van der Waals surface area contributed by atoms with E-state index in [1.807, 2.05) is 31.7 Å². The molecule has 0 saturated carbocycles. The Bertz CT molecular complexity index is 827. The van der Waals surface area contributed by atoms with E-state index in [9.17, 15) is 14.0 Å². The third-order valence-corrected chi connectivity index (χ3v) is 7.34. The monoisotopic (exact) mass is 451 g/mol. The van der Waals surface area contributed by atoms with E-state index >= 15 is 0 Å². The number of hydrogen-bond acceptors (Lipinski definition) is 3. The number of nitrogens with zero attached hydrogens (tertiary/aromatic N) is 2. The Kier molecular flexibility index (Phi) is 7.02. The molecule has 5 atom stereocenters. The number of nitrogens with two attached hydrogens (primary N) is 1. The zero-order valence-electron chi connectivity index (χ0n) is 18.7. The van der Waals surface area contributed by atoms with Crippen LogP contribution in [-0.2, 0) is 16.0 Å². The fourth-order valence-corrected chi connectivity index (χ4v) is 5.69. The van der Waals surface area contributed by atoms with E-state index in [2.05, 4.69) is 4.90 Å². The number of carbonyl (C=O) groups excluding carboxylic acids is 2. The summed E-state index contributed by atoms with van der Waals surface area (Å²) in [5.74, 6) is 0.472. The quantitative estimate of drug-likeness (QED) is 0.765. The second kappa shape index (κ2) is 9.07. The molecule has 2 bridgehead atoms. The van der Waals surface area contributed by atoms with Gasteiger partial charge in [-0.1, -0.05) is 32.9 Å². The number of fused-ring (bicyclic) bond motifs is 4. The summed E-state index contributed by atoms with van der Waals surface area (Å²) < 4.78 is 13.8. The smallest absolute Gasteiger partial charge is 0.240 e. The Morgan fingerprint density at radius 3 is 2.65 bits per heavy atom. The molecule has 3 saturated heterocycles. The van der Waals surface area contributed by atoms with Gasteiger partial charge in [-0.15, -0.1) is 12.4 Å². The van der Waals surface area contributed by atoms with Gasteiger partial charge in [0, 0.05) is 31.6 Å². The zero-order chi connectivity index (χ0) is 21.6. The second-order valence-corrected chi connectivity index (χ2v) is 10.5. The first kappa shape index (κ1) is 24.0. The van der Waals surface area contributed by atoms with Gasteiger partial charge >= 0.3 is 0 Å². The molecule has 2 N–H and O–H groups in total. The summed E-state index contributed by atoms with van der Waals surface area (Å²) in [4.78, 5) is 30.2. The number of hydrogen-bond donors (Lipinski definition) is 1. The van der Waals surface area contributed by atoms with Crippen LogP contribution in [0.1, 0.15) is 52.0 Å². The number of benzene rings is 1. The van der Waals surface area contributed by atoms with Gasteiger partial charge in [0.15, 0.2) is 0 Å². The molecule has 4 rings (SSSR count). The van der Waals surface area contributed by atoms with Gasteiger partial charge in [0.1, 0.15) is 5.82 Å². The predicted molar refractivity (Wildman–Crippen MR) is 121 cm³/mol. The normalized spacial score (nSPS) is 29.1. The largest absolute Gasteiger partial charge is 0.341 e. The Morgan fingerprint density at radius 2 is 1.97 bits per heavy atom. The molecule has 0 aliphatic carbocycles. The standard InChI is InChI=1S/C24H34FN3O2.ClH/c1-24(2,3)22(26)23(30)27-13-16-12-17(14-27)20(11-15-6-4-7-18(25)10-15)28-19(16)8-5-9-21(28)29;/h4,6-7,10,16-17,19-20,22H,5,8-9,11-14,26H2,1-3H3;1H/t16-,17+,19+,20+,22-;/m1./s1. The fraction of sp³-hybridized carbons (Fsp3) is 0.667. The lowest BCUT2D eigenvalue weighted by atomic mass is 9.70. The van der Waals surface area contributed by atoms with E-state index in [1.54, 1.807) is 12.1 Å². The Morgan fingerprint density at radius 1 is 1.26 bits per heavy atom. The van der Waals surface area contributed by atoms with Crippen LogP contribution in [0.3, 0.4) is 0 Å². The number of halogens is 2. The SMILES string of the molecule is CC(C)(C)[C@H](N)C(=O)N1C[C@H]2C[C@@H](C1)[C@H](Cc1cccc(F)c1)N1C(=O)CCC[C@@H]21.Cl. The van der Waals surface area contributed by atoms with Crippen LogP contribution in [0.25, 0.3) is 0 Å². The first-order valence-corrected chi connectivity index (χ1v) is 11.2. The predicted octanol–water partition coefficient (Wildman–Crippen LogP) is 3.39. The van der Waals surface area contributed by atoms with Gasteiger partial charge in [0.2, 0.25) is 11.8 Å². The summed E-state index contributed by atoms with van der Waals surface area (Å²) in [6.45, 7) is 7.29. The van der Waals surface area contributed by atoms with Crippen molar-refractivity contribution >= 4 is 24.2 Å². The molecule has 3 heterocycles. The Balaban J connectivity index is 0.00000272. The van der Waals surface area contributed by atoms with Crippen molar-refractivity contribution in [3.8, 4) is 0 Å². The third kappa shape index (κ3) is 4.75. The van der Waals surface area contributed by atoms with Crippen LogP contribution < -0.4 is 5.73 Å². The summed E-state index contributed by atoms with van der Waals surface area (Å²) in [5.41, 5.74) is 6.92. The first-order valence-electron chi connectivity index (χ1n) is 11.2. The van der Waals surface area contributed by atoms with Crippen LogP contribution in [0.4, 0.5) is 4.39 Å². The highest BCUT2D eigenvalue weighted by Gasteiger charge is 2.50. The van der Waals surface area contributed by atoms with Crippen LogP contribution in [0.2, 0.25) is 0 Å². The van der Waals surface area contributed by atoms with E-state index < -0.39 is 6.04 Å². The number of piperidine rings is 3. The molecule has 3 aliphatic rings. The van der Waals surface area contributed by atoms with E-state index in [4.69, 9.17) is 5.73 Å². The lowest BCUT2D eigenvalue weighted by molar-refractivity contribution is -0.157. The van der Waals surface area contributed by atoms with Crippen LogP contribution in [-0.4, -0.2) is 52.8 Å². The minimum Gasteiger partial charge on any atom is -0.341 e. The maximum absolute atomic E-state index is 13.8. The van der Waals surface area contributed by atoms with Crippen molar-refractivity contribution < 1.29 is 14.0 Å². The van der Waals surface area contributed by atoms with Crippen molar-refractivity contribution in [2.24, 2.45) is 23.0 Å². The van der Waals surface area contributed by atoms with E-state index in [0.29, 0.717) is 31.8 Å². The summed E-state index contributed by atoms with van der Waals surface area (Å²) in [7, 11) is 0. The van der Waals surface area contributed by atoms with Crippen LogP contribution >= 0.6 is 12.4 Å². The van der Waals surface area contributed by atoms with Crippen LogP contribution in [0.5, 0.6) is 0 Å². The van der Waals surface area contributed by atoms with Gasteiger partial charge < -0.3 is 15.5 Å². The highest BCUT2D eigenvalue weighted by molar-refractivity contribution is 5.85. The van der Waals surface area contributed by atoms with Crippen molar-refractivity contribution in [3.05, 3.63) is 35.6 Å². The van der Waals surface area contributed by atoms with Crippen molar-refractivity contribution in [1.29, 1.82) is 0 Å². The first-order chi connectivity index (χ1) is 14.1. The molecular weight excluding hydrogens is 417 g/mol. The molecule has 3 fully saturated rings. The zero-order valence-corrected chi connectivity index (χ0v) is 19.5. The highest BCUT2D eigenvalue weighted by Crippen LogP contribution is 2.43. The number of likely N-dealkylation sites (tertiary alicyclic amines) is 1. The molecular formula is C24H35ClFN3O2. The summed E-state index contributed by atoms with van der Waals surface area (Å²) in [6, 6.07) is 6.30. The summed E-state index contributed by atoms with van der Waals surface area (Å²) >= 11 is 0. The molecule has 1 aromatic carbocycles. The van der Waals surface area contributed by atoms with E-state index in [1.165, 1.54) is 6.07 Å². The average Bonchev–Trinajstić information content (AvgIpc) is 2.69. The topological polar surface area (TPSA) is 66.6 Å². The molecule has 0 aromatic heterocycles. The average molecular weight is 452 g/mol. The van der Waals surface area contributed by atoms with Gasteiger partial charge in [-0.05, 0) is 60.6 Å². The maximum Gasteiger partial charge on any atom is 0.240 e. The van der Waals surface area contributed by atoms with Crippen molar-refractivity contribution in [3.63, 3.8) is 0 Å². The molecule has 31 heavy (non-hydrogen) atoms. The van der Waals surface area contributed by atoms with Gasteiger partial charge in [-0.25, -0.2) is 4.39 Å². The molecule has 2 amide bonds. The van der Waals surface area contributed by atoms with Gasteiger partial charge in [-0.3, -0.25) is 9.59 Å². The molecule has 0 unspecified atom stereocenters. The Labute approximate surface area is 190 Å². The molecule has 172 valence electrons. The van der Waals surface area contributed by atoms with Crippen molar-refractivity contribution in [2.75, 3.05) is 13.1 Å². The van der Waals surface area contributed by atoms with Crippen LogP contribution in [0, 0.1) is 23.1 Å². The third-order valence-electron chi connectivity index (χ3n) is 7.34.